The second-order valence-corrected chi connectivity index (χ2v) is 7.55. The van der Waals surface area contributed by atoms with E-state index in [0.29, 0.717) is 5.39 Å². The number of aliphatic carboxylic acids is 1. The summed E-state index contributed by atoms with van der Waals surface area (Å²) in [4.78, 5) is 23.5. The van der Waals surface area contributed by atoms with Crippen LogP contribution in [0.2, 0.25) is 0 Å². The summed E-state index contributed by atoms with van der Waals surface area (Å²) < 4.78 is 1.52. The van der Waals surface area contributed by atoms with E-state index in [9.17, 15) is 9.90 Å². The predicted molar refractivity (Wildman–Crippen MR) is 83.7 cm³/mol. The van der Waals surface area contributed by atoms with Crippen molar-refractivity contribution in [2.45, 2.75) is 13.0 Å². The predicted octanol–water partition coefficient (Wildman–Crippen LogP) is -2.96. The zero-order valence-corrected chi connectivity index (χ0v) is 20.2. The van der Waals surface area contributed by atoms with Crippen LogP contribution < -0.4 is 8.18 Å². The van der Waals surface area contributed by atoms with Crippen LogP contribution in [0, 0.1) is 0 Å². The molecule has 26 heavy (non-hydrogen) atoms. The molecule has 1 rings (SSSR count). The van der Waals surface area contributed by atoms with E-state index in [2.05, 4.69) is 30.3 Å². The van der Waals surface area contributed by atoms with Crippen LogP contribution in [0.4, 0.5) is 0 Å². The van der Waals surface area contributed by atoms with Gasteiger partial charge < -0.3 is 30.3 Å². The summed E-state index contributed by atoms with van der Waals surface area (Å²) >= 11 is 0.810. The Morgan fingerprint density at radius 2 is 1.38 bits per heavy atom. The van der Waals surface area contributed by atoms with Crippen LogP contribution in [0.15, 0.2) is 30.3 Å². The normalized spacial score (nSPS) is 11.1. The standard InChI is InChI=1S/C6H15NO6.C6H5.C3H6O3.Hg/c8-1-4-11-7(12-5-2-9)13-6-3-10;1-2-4-6-5-3-1;1-2(4)3(5)6;/h8-10H,1-6H2;1-5H;2,4H,1H3,(H,5,6);/q;;;+1/p-1. The molecule has 0 spiro atoms. The van der Waals surface area contributed by atoms with Crippen LogP contribution in [0.25, 0.3) is 0 Å². The molecule has 4 N–H and O–H groups in total. The van der Waals surface area contributed by atoms with Crippen LogP contribution >= 0.6 is 0 Å². The van der Waals surface area contributed by atoms with Gasteiger partial charge in [-0.2, -0.15) is 0 Å². The molecule has 0 aliphatic heterocycles. The van der Waals surface area contributed by atoms with Crippen molar-refractivity contribution in [3.8, 4) is 0 Å². The van der Waals surface area contributed by atoms with Crippen LogP contribution in [-0.4, -0.2) is 77.5 Å². The van der Waals surface area contributed by atoms with E-state index in [1.54, 1.807) is 0 Å². The number of rotatable bonds is 10. The molecular formula is C15H25HgNO9. The van der Waals surface area contributed by atoms with Gasteiger partial charge in [0.2, 0.25) is 0 Å². The molecule has 0 aliphatic rings. The fourth-order valence-electron chi connectivity index (χ4n) is 0.936. The van der Waals surface area contributed by atoms with Gasteiger partial charge in [-0.3, -0.25) is 0 Å². The Balaban J connectivity index is 0. The molecule has 0 saturated carbocycles. The van der Waals surface area contributed by atoms with Crippen molar-refractivity contribution in [2.75, 3.05) is 39.6 Å². The van der Waals surface area contributed by atoms with Crippen molar-refractivity contribution in [1.29, 1.82) is 0 Å². The summed E-state index contributed by atoms with van der Waals surface area (Å²) in [6, 6.07) is 10.6. The van der Waals surface area contributed by atoms with Gasteiger partial charge in [0.05, 0.1) is 57.1 Å². The van der Waals surface area contributed by atoms with Crippen molar-refractivity contribution < 1.29 is 71.0 Å². The average molecular weight is 564 g/mol. The van der Waals surface area contributed by atoms with E-state index in [0.717, 1.165) is 33.0 Å². The summed E-state index contributed by atoms with van der Waals surface area (Å²) in [6.45, 7) is 0.629. The van der Waals surface area contributed by atoms with Gasteiger partial charge in [0.15, 0.2) is 0 Å². The number of hydrogen-bond donors (Lipinski definition) is 4. The third-order valence-electron chi connectivity index (χ3n) is 2.05. The molecule has 0 bridgehead atoms. The van der Waals surface area contributed by atoms with Crippen LogP contribution in [0.1, 0.15) is 6.92 Å². The molecule has 1 aromatic rings. The van der Waals surface area contributed by atoms with Crippen LogP contribution in [-0.2, 0) is 45.4 Å². The van der Waals surface area contributed by atoms with Gasteiger partial charge in [-0.1, -0.05) is 0 Å². The van der Waals surface area contributed by atoms with Crippen molar-refractivity contribution >= 4 is 9.04 Å². The Morgan fingerprint density at radius 1 is 1.04 bits per heavy atom. The number of carbonyl (C=O) groups is 1. The Bertz CT molecular complexity index is 404. The van der Waals surface area contributed by atoms with Gasteiger partial charge >= 0.3 is 59.5 Å². The number of carboxylic acids is 1. The Kier molecular flexibility index (Phi) is 21.8. The first-order valence-electron chi connectivity index (χ1n) is 7.66. The third kappa shape index (κ3) is 21.3. The van der Waals surface area contributed by atoms with Gasteiger partial charge in [-0.05, 0) is 6.92 Å². The first kappa shape index (κ1) is 27.5. The topological polar surface area (TPSA) is 152 Å². The fraction of sp³-hybridized carbons (Fsp3) is 0.533. The zero-order valence-electron chi connectivity index (χ0n) is 14.7. The molecule has 11 heteroatoms. The quantitative estimate of drug-likeness (QED) is 0.172. The Morgan fingerprint density at radius 3 is 1.58 bits per heavy atom. The molecule has 146 valence electrons. The SMILES string of the molecule is CC(O)C(=O)[O-].OCCON(OCCO)OCCO.[Hg+][c]1ccccc1. The number of hydrogen-bond acceptors (Lipinski definition) is 10. The average Bonchev–Trinajstić information content (AvgIpc) is 2.62. The maximum absolute atomic E-state index is 9.34. The number of aliphatic hydroxyl groups is 4. The molecule has 1 unspecified atom stereocenters. The van der Waals surface area contributed by atoms with E-state index in [1.807, 2.05) is 0 Å². The minimum atomic E-state index is -1.44. The molecule has 0 radical (unpaired) electrons. The summed E-state index contributed by atoms with van der Waals surface area (Å²) in [5.41, 5.74) is 0. The first-order chi connectivity index (χ1) is 12.4. The van der Waals surface area contributed by atoms with Gasteiger partial charge in [0.1, 0.15) is 0 Å². The van der Waals surface area contributed by atoms with Crippen LogP contribution in [0.3, 0.4) is 0 Å². The molecule has 0 aliphatic carbocycles. The van der Waals surface area contributed by atoms with Gasteiger partial charge in [0, 0.05) is 0 Å². The molecule has 0 heterocycles. The maximum atomic E-state index is 9.34. The molecule has 0 saturated heterocycles. The third-order valence-corrected chi connectivity index (χ3v) is 3.88. The van der Waals surface area contributed by atoms with Crippen molar-refractivity contribution in [1.82, 2.24) is 5.39 Å². The second-order valence-electron chi connectivity index (χ2n) is 4.37. The monoisotopic (exact) mass is 565 g/mol. The van der Waals surface area contributed by atoms with E-state index in [4.69, 9.17) is 34.9 Å². The number of nitrogens with zero attached hydrogens (tertiary/aromatic N) is 1. The summed E-state index contributed by atoms with van der Waals surface area (Å²) in [6.07, 6.45) is -1.34. The fourth-order valence-corrected chi connectivity index (χ4v) is 1.99. The zero-order chi connectivity index (χ0) is 20.2. The Labute approximate surface area is 168 Å². The molecule has 1 atom stereocenters. The van der Waals surface area contributed by atoms with E-state index < -0.39 is 12.1 Å². The molecule has 0 aromatic heterocycles. The summed E-state index contributed by atoms with van der Waals surface area (Å²) in [5, 5.41) is 43.2. The first-order valence-corrected chi connectivity index (χ1v) is 10.4. The number of carboxylic acid groups (broad SMARTS) is 1. The second kappa shape index (κ2) is 20.6. The molecule has 1 aromatic carbocycles. The molecular weight excluding hydrogens is 539 g/mol. The van der Waals surface area contributed by atoms with E-state index in [1.165, 1.54) is 3.07 Å². The van der Waals surface area contributed by atoms with Crippen molar-refractivity contribution in [3.05, 3.63) is 30.3 Å². The van der Waals surface area contributed by atoms with Crippen LogP contribution in [0.5, 0.6) is 0 Å². The number of aliphatic hydroxyl groups excluding tert-OH is 4. The van der Waals surface area contributed by atoms with E-state index in [-0.39, 0.29) is 39.6 Å². The Hall–Kier alpha value is -0.695. The molecule has 0 fully saturated rings. The summed E-state index contributed by atoms with van der Waals surface area (Å²) in [7, 11) is 0. The summed E-state index contributed by atoms with van der Waals surface area (Å²) in [5.74, 6) is -1.44. The minimum absolute atomic E-state index is 0.0108. The molecule has 10 nitrogen and oxygen atoms in total. The van der Waals surface area contributed by atoms with E-state index >= 15 is 0 Å². The van der Waals surface area contributed by atoms with Gasteiger partial charge in [-0.15, -0.1) is 0 Å². The molecule has 0 amide bonds. The van der Waals surface area contributed by atoms with Gasteiger partial charge in [0.25, 0.3) is 0 Å². The number of carbonyl (C=O) groups excluding carboxylic acids is 1. The van der Waals surface area contributed by atoms with Crippen molar-refractivity contribution in [3.63, 3.8) is 0 Å². The van der Waals surface area contributed by atoms with Crippen molar-refractivity contribution in [2.24, 2.45) is 0 Å². The number of benzene rings is 1. The van der Waals surface area contributed by atoms with Gasteiger partial charge in [-0.25, -0.2) is 14.5 Å².